The zero-order valence-electron chi connectivity index (χ0n) is 14.3. The third kappa shape index (κ3) is 4.79. The number of methoxy groups -OCH3 is 1. The van der Waals surface area contributed by atoms with Crippen LogP contribution in [0, 0.1) is 5.41 Å². The van der Waals surface area contributed by atoms with Crippen LogP contribution in [0.4, 0.5) is 11.4 Å². The number of guanidine groups is 1. The van der Waals surface area contributed by atoms with Gasteiger partial charge in [-0.3, -0.25) is 5.41 Å². The summed E-state index contributed by atoms with van der Waals surface area (Å²) in [5.41, 5.74) is 2.08. The Bertz CT molecular complexity index is 694. The Morgan fingerprint density at radius 1 is 1.08 bits per heavy atom. The van der Waals surface area contributed by atoms with E-state index >= 15 is 0 Å². The van der Waals surface area contributed by atoms with E-state index in [0.717, 1.165) is 37.4 Å². The van der Waals surface area contributed by atoms with E-state index < -0.39 is 0 Å². The highest BCUT2D eigenvalue weighted by Crippen LogP contribution is 2.23. The van der Waals surface area contributed by atoms with Crippen LogP contribution in [0.15, 0.2) is 48.5 Å². The van der Waals surface area contributed by atoms with Gasteiger partial charge in [-0.2, -0.15) is 0 Å². The standard InChI is InChI=1S/C19H23ClN4O/c1-25-18-8-6-17(7-9-18)24-12-10-16(11-13-24)23-19(21)22-15-4-2-14(20)3-5-15/h2-9,16H,10-13H2,1H3,(H3,21,22,23). The van der Waals surface area contributed by atoms with Crippen molar-refractivity contribution in [3.05, 3.63) is 53.6 Å². The highest BCUT2D eigenvalue weighted by molar-refractivity contribution is 6.30. The van der Waals surface area contributed by atoms with E-state index in [1.807, 2.05) is 36.4 Å². The molecular weight excluding hydrogens is 336 g/mol. The first-order chi connectivity index (χ1) is 12.1. The van der Waals surface area contributed by atoms with Crippen molar-refractivity contribution >= 4 is 28.9 Å². The third-order valence-corrected chi connectivity index (χ3v) is 4.65. The molecule has 0 radical (unpaired) electrons. The molecule has 2 aromatic carbocycles. The molecule has 1 aliphatic rings. The molecule has 0 spiro atoms. The van der Waals surface area contributed by atoms with Crippen LogP contribution in [0.25, 0.3) is 0 Å². The number of piperidine rings is 1. The first kappa shape index (κ1) is 17.4. The maximum absolute atomic E-state index is 8.09. The highest BCUT2D eigenvalue weighted by atomic mass is 35.5. The minimum absolute atomic E-state index is 0.307. The predicted octanol–water partition coefficient (Wildman–Crippen LogP) is 3.95. The van der Waals surface area contributed by atoms with E-state index in [9.17, 15) is 0 Å². The summed E-state index contributed by atoms with van der Waals surface area (Å²) < 4.78 is 5.21. The Morgan fingerprint density at radius 2 is 1.72 bits per heavy atom. The molecule has 0 unspecified atom stereocenters. The number of ether oxygens (including phenoxy) is 1. The maximum Gasteiger partial charge on any atom is 0.193 e. The molecule has 132 valence electrons. The molecule has 0 saturated carbocycles. The molecule has 2 aromatic rings. The molecule has 6 heteroatoms. The van der Waals surface area contributed by atoms with Gasteiger partial charge in [0.25, 0.3) is 0 Å². The predicted molar refractivity (Wildman–Crippen MR) is 104 cm³/mol. The second kappa shape index (κ2) is 8.12. The first-order valence-corrected chi connectivity index (χ1v) is 8.78. The largest absolute Gasteiger partial charge is 0.497 e. The van der Waals surface area contributed by atoms with Gasteiger partial charge in [0.15, 0.2) is 5.96 Å². The number of hydrogen-bond acceptors (Lipinski definition) is 3. The maximum atomic E-state index is 8.09. The third-order valence-electron chi connectivity index (χ3n) is 4.39. The Balaban J connectivity index is 1.46. The van der Waals surface area contributed by atoms with Crippen molar-refractivity contribution in [3.63, 3.8) is 0 Å². The molecule has 1 fully saturated rings. The quantitative estimate of drug-likeness (QED) is 0.572. The van der Waals surface area contributed by atoms with Crippen molar-refractivity contribution in [3.8, 4) is 5.75 Å². The van der Waals surface area contributed by atoms with Crippen molar-refractivity contribution in [1.29, 1.82) is 5.41 Å². The molecular formula is C19H23ClN4O. The van der Waals surface area contributed by atoms with Crippen LogP contribution in [0.1, 0.15) is 12.8 Å². The minimum Gasteiger partial charge on any atom is -0.497 e. The van der Waals surface area contributed by atoms with Gasteiger partial charge in [0.05, 0.1) is 7.11 Å². The Kier molecular flexibility index (Phi) is 5.66. The molecule has 0 aromatic heterocycles. The fraction of sp³-hybridized carbons (Fsp3) is 0.316. The lowest BCUT2D eigenvalue weighted by Crippen LogP contribution is -2.46. The molecule has 5 nitrogen and oxygen atoms in total. The van der Waals surface area contributed by atoms with Gasteiger partial charge in [-0.1, -0.05) is 11.6 Å². The summed E-state index contributed by atoms with van der Waals surface area (Å²) >= 11 is 5.88. The second-order valence-corrected chi connectivity index (χ2v) is 6.55. The lowest BCUT2D eigenvalue weighted by molar-refractivity contribution is 0.414. The second-order valence-electron chi connectivity index (χ2n) is 6.11. The zero-order chi connectivity index (χ0) is 17.6. The van der Waals surface area contributed by atoms with E-state index in [-0.39, 0.29) is 0 Å². The van der Waals surface area contributed by atoms with E-state index in [2.05, 4.69) is 27.7 Å². The summed E-state index contributed by atoms with van der Waals surface area (Å²) in [6.07, 6.45) is 1.99. The van der Waals surface area contributed by atoms with Crippen LogP contribution < -0.4 is 20.3 Å². The van der Waals surface area contributed by atoms with Gasteiger partial charge in [-0.05, 0) is 61.4 Å². The molecule has 0 bridgehead atoms. The van der Waals surface area contributed by atoms with E-state index in [1.165, 1.54) is 5.69 Å². The number of rotatable bonds is 4. The number of nitrogens with one attached hydrogen (secondary N) is 3. The van der Waals surface area contributed by atoms with Gasteiger partial charge in [0.2, 0.25) is 0 Å². The summed E-state index contributed by atoms with van der Waals surface area (Å²) in [6, 6.07) is 15.8. The van der Waals surface area contributed by atoms with Crippen LogP contribution in [0.5, 0.6) is 5.75 Å². The summed E-state index contributed by atoms with van der Waals surface area (Å²) in [6.45, 7) is 1.94. The number of anilines is 2. The normalized spacial score (nSPS) is 14.9. The Labute approximate surface area is 153 Å². The lowest BCUT2D eigenvalue weighted by atomic mass is 10.0. The Morgan fingerprint density at radius 3 is 2.32 bits per heavy atom. The van der Waals surface area contributed by atoms with Gasteiger partial charge in [-0.25, -0.2) is 0 Å². The Hall–Kier alpha value is -2.40. The van der Waals surface area contributed by atoms with Gasteiger partial charge < -0.3 is 20.3 Å². The van der Waals surface area contributed by atoms with Gasteiger partial charge in [0.1, 0.15) is 5.75 Å². The summed E-state index contributed by atoms with van der Waals surface area (Å²) in [4.78, 5) is 2.37. The van der Waals surface area contributed by atoms with Crippen LogP contribution in [0.2, 0.25) is 5.02 Å². The fourth-order valence-electron chi connectivity index (χ4n) is 2.99. The summed E-state index contributed by atoms with van der Waals surface area (Å²) in [5, 5.41) is 15.1. The molecule has 3 N–H and O–H groups in total. The molecule has 1 heterocycles. The molecule has 0 atom stereocenters. The van der Waals surface area contributed by atoms with Crippen LogP contribution in [0.3, 0.4) is 0 Å². The van der Waals surface area contributed by atoms with Crippen molar-refractivity contribution in [1.82, 2.24) is 5.32 Å². The zero-order valence-corrected chi connectivity index (χ0v) is 15.0. The SMILES string of the molecule is COc1ccc(N2CCC(NC(=N)Nc3ccc(Cl)cc3)CC2)cc1. The van der Waals surface area contributed by atoms with Gasteiger partial charge in [0, 0.05) is 35.5 Å². The van der Waals surface area contributed by atoms with E-state index in [0.29, 0.717) is 17.0 Å². The monoisotopic (exact) mass is 358 g/mol. The summed E-state index contributed by atoms with van der Waals surface area (Å²) in [7, 11) is 1.68. The van der Waals surface area contributed by atoms with Gasteiger partial charge >= 0.3 is 0 Å². The van der Waals surface area contributed by atoms with Crippen molar-refractivity contribution in [2.45, 2.75) is 18.9 Å². The van der Waals surface area contributed by atoms with Crippen LogP contribution >= 0.6 is 11.6 Å². The summed E-state index contributed by atoms with van der Waals surface area (Å²) in [5.74, 6) is 1.20. The molecule has 25 heavy (non-hydrogen) atoms. The lowest BCUT2D eigenvalue weighted by Gasteiger charge is -2.34. The molecule has 1 aliphatic heterocycles. The smallest absolute Gasteiger partial charge is 0.193 e. The average Bonchev–Trinajstić information content (AvgIpc) is 2.64. The molecule has 1 saturated heterocycles. The van der Waals surface area contributed by atoms with Crippen molar-refractivity contribution < 1.29 is 4.74 Å². The van der Waals surface area contributed by atoms with Crippen molar-refractivity contribution in [2.75, 3.05) is 30.4 Å². The average molecular weight is 359 g/mol. The van der Waals surface area contributed by atoms with E-state index in [1.54, 1.807) is 7.11 Å². The fourth-order valence-corrected chi connectivity index (χ4v) is 3.12. The van der Waals surface area contributed by atoms with E-state index in [4.69, 9.17) is 21.7 Å². The van der Waals surface area contributed by atoms with Gasteiger partial charge in [-0.15, -0.1) is 0 Å². The van der Waals surface area contributed by atoms with Crippen LogP contribution in [-0.2, 0) is 0 Å². The number of halogens is 1. The number of benzene rings is 2. The molecule has 0 amide bonds. The number of nitrogens with zero attached hydrogens (tertiary/aromatic N) is 1. The highest BCUT2D eigenvalue weighted by Gasteiger charge is 2.20. The number of hydrogen-bond donors (Lipinski definition) is 3. The molecule has 0 aliphatic carbocycles. The minimum atomic E-state index is 0.307. The topological polar surface area (TPSA) is 60.4 Å². The first-order valence-electron chi connectivity index (χ1n) is 8.41. The van der Waals surface area contributed by atoms with Crippen molar-refractivity contribution in [2.24, 2.45) is 0 Å². The molecule has 3 rings (SSSR count). The van der Waals surface area contributed by atoms with Crippen LogP contribution in [-0.4, -0.2) is 32.2 Å².